The molecule has 3 aromatic carbocycles. The average molecular weight is 489 g/mol. The first kappa shape index (κ1) is 22.1. The second-order valence-corrected chi connectivity index (χ2v) is 8.42. The molecule has 0 aliphatic rings. The second-order valence-electron chi connectivity index (χ2n) is 7.11. The van der Waals surface area contributed by atoms with Gasteiger partial charge in [0.05, 0.1) is 17.4 Å². The third-order valence-electron chi connectivity index (χ3n) is 4.83. The van der Waals surface area contributed by atoms with Crippen molar-refractivity contribution < 1.29 is 4.79 Å². The van der Waals surface area contributed by atoms with Crippen molar-refractivity contribution in [1.82, 2.24) is 9.13 Å². The fourth-order valence-electron chi connectivity index (χ4n) is 3.41. The molecule has 0 radical (unpaired) electrons. The minimum atomic E-state index is -0.595. The van der Waals surface area contributed by atoms with Crippen molar-refractivity contribution in [3.8, 4) is 0 Å². The second kappa shape index (κ2) is 9.20. The molecule has 4 aromatic rings. The van der Waals surface area contributed by atoms with Crippen LogP contribution < -0.4 is 16.6 Å². The van der Waals surface area contributed by atoms with Gasteiger partial charge in [0.1, 0.15) is 6.54 Å². The number of rotatable bonds is 5. The summed E-state index contributed by atoms with van der Waals surface area (Å²) in [6, 6.07) is 18.2. The summed E-state index contributed by atoms with van der Waals surface area (Å²) in [6.07, 6.45) is 0. The first-order valence-electron chi connectivity index (χ1n) is 9.54. The highest BCUT2D eigenvalue weighted by molar-refractivity contribution is 6.35. The van der Waals surface area contributed by atoms with E-state index in [1.54, 1.807) is 66.7 Å². The van der Waals surface area contributed by atoms with Gasteiger partial charge in [-0.3, -0.25) is 18.7 Å². The molecule has 1 N–H and O–H groups in total. The van der Waals surface area contributed by atoms with E-state index in [9.17, 15) is 14.4 Å². The number of hydrogen-bond acceptors (Lipinski definition) is 3. The topological polar surface area (TPSA) is 73.1 Å². The molecule has 0 unspecified atom stereocenters. The lowest BCUT2D eigenvalue weighted by Crippen LogP contribution is -2.42. The third-order valence-corrected chi connectivity index (χ3v) is 5.52. The van der Waals surface area contributed by atoms with Gasteiger partial charge in [-0.05, 0) is 48.0 Å². The van der Waals surface area contributed by atoms with Gasteiger partial charge in [0.25, 0.3) is 5.56 Å². The number of benzene rings is 3. The van der Waals surface area contributed by atoms with Crippen LogP contribution in [0.5, 0.6) is 0 Å². The van der Waals surface area contributed by atoms with E-state index in [0.717, 1.165) is 10.1 Å². The molecule has 0 saturated carbocycles. The number of carbonyl (C=O) groups excluding carboxylic acids is 1. The fourth-order valence-corrected chi connectivity index (χ4v) is 4.06. The molecule has 0 saturated heterocycles. The quantitative estimate of drug-likeness (QED) is 0.438. The van der Waals surface area contributed by atoms with Crippen LogP contribution in [-0.2, 0) is 17.9 Å². The van der Waals surface area contributed by atoms with E-state index in [4.69, 9.17) is 34.8 Å². The van der Waals surface area contributed by atoms with Gasteiger partial charge in [0.2, 0.25) is 5.91 Å². The maximum atomic E-state index is 13.2. The first-order chi connectivity index (χ1) is 15.3. The lowest BCUT2D eigenvalue weighted by molar-refractivity contribution is -0.116. The lowest BCUT2D eigenvalue weighted by Gasteiger charge is -2.14. The number of aromatic nitrogens is 2. The molecular formula is C23H16Cl3N3O3. The van der Waals surface area contributed by atoms with Crippen LogP contribution in [0.1, 0.15) is 5.56 Å². The van der Waals surface area contributed by atoms with Gasteiger partial charge in [-0.15, -0.1) is 0 Å². The summed E-state index contributed by atoms with van der Waals surface area (Å²) in [6.45, 7) is -0.254. The molecule has 1 heterocycles. The number of para-hydroxylation sites is 1. The molecule has 1 amide bonds. The van der Waals surface area contributed by atoms with Crippen LogP contribution in [0.3, 0.4) is 0 Å². The van der Waals surface area contributed by atoms with Crippen LogP contribution in [0.15, 0.2) is 76.3 Å². The molecule has 0 atom stereocenters. The molecule has 0 fully saturated rings. The Balaban J connectivity index is 1.74. The van der Waals surface area contributed by atoms with Crippen molar-refractivity contribution in [3.63, 3.8) is 0 Å². The van der Waals surface area contributed by atoms with E-state index >= 15 is 0 Å². The lowest BCUT2D eigenvalue weighted by atomic mass is 10.2. The monoisotopic (exact) mass is 487 g/mol. The Bertz CT molecular complexity index is 1420. The number of hydrogen-bond donors (Lipinski definition) is 1. The minimum absolute atomic E-state index is 0.0468. The van der Waals surface area contributed by atoms with Gasteiger partial charge in [-0.1, -0.05) is 59.1 Å². The predicted octanol–water partition coefficient (Wildman–Crippen LogP) is 4.81. The predicted molar refractivity (Wildman–Crippen MR) is 128 cm³/mol. The van der Waals surface area contributed by atoms with E-state index in [0.29, 0.717) is 31.7 Å². The largest absolute Gasteiger partial charge is 0.332 e. The molecule has 32 heavy (non-hydrogen) atoms. The number of nitrogens with zero attached hydrogens (tertiary/aromatic N) is 2. The summed E-state index contributed by atoms with van der Waals surface area (Å²) in [7, 11) is 0. The molecule has 1 aromatic heterocycles. The standard InChI is InChI=1S/C23H16Cl3N3O3/c24-15-7-5-14(6-8-15)12-29-22(31)19-3-1-2-4-20(19)28(23(29)32)13-21(30)27-18-10-16(25)9-17(26)11-18/h1-11H,12-13H2,(H,27,30). The number of nitrogens with one attached hydrogen (secondary N) is 1. The molecule has 9 heteroatoms. The Morgan fingerprint density at radius 1 is 0.812 bits per heavy atom. The molecule has 0 aliphatic heterocycles. The van der Waals surface area contributed by atoms with Crippen molar-refractivity contribution in [2.45, 2.75) is 13.1 Å². The summed E-state index contributed by atoms with van der Waals surface area (Å²) in [5.74, 6) is -0.465. The smallest absolute Gasteiger partial charge is 0.324 e. The summed E-state index contributed by atoms with van der Waals surface area (Å²) in [5, 5.41) is 4.30. The van der Waals surface area contributed by atoms with Gasteiger partial charge in [0, 0.05) is 20.8 Å². The average Bonchev–Trinajstić information content (AvgIpc) is 2.75. The van der Waals surface area contributed by atoms with E-state index in [1.807, 2.05) is 0 Å². The van der Waals surface area contributed by atoms with E-state index in [-0.39, 0.29) is 13.1 Å². The SMILES string of the molecule is O=C(Cn1c(=O)n(Cc2ccc(Cl)cc2)c(=O)c2ccccc21)Nc1cc(Cl)cc(Cl)c1. The van der Waals surface area contributed by atoms with Gasteiger partial charge >= 0.3 is 5.69 Å². The van der Waals surface area contributed by atoms with Crippen LogP contribution in [0.2, 0.25) is 15.1 Å². The Morgan fingerprint density at radius 3 is 2.16 bits per heavy atom. The number of carbonyl (C=O) groups is 1. The van der Waals surface area contributed by atoms with Crippen molar-refractivity contribution in [1.29, 1.82) is 0 Å². The number of anilines is 1. The van der Waals surface area contributed by atoms with Crippen LogP contribution >= 0.6 is 34.8 Å². The van der Waals surface area contributed by atoms with Crippen molar-refractivity contribution in [3.05, 3.63) is 108 Å². The fraction of sp³-hybridized carbons (Fsp3) is 0.0870. The zero-order valence-electron chi connectivity index (χ0n) is 16.5. The van der Waals surface area contributed by atoms with Crippen LogP contribution in [0.25, 0.3) is 10.9 Å². The number of fused-ring (bicyclic) bond motifs is 1. The maximum Gasteiger partial charge on any atom is 0.332 e. The van der Waals surface area contributed by atoms with Gasteiger partial charge in [-0.2, -0.15) is 0 Å². The molecule has 0 bridgehead atoms. The third kappa shape index (κ3) is 4.72. The van der Waals surface area contributed by atoms with E-state index < -0.39 is 17.2 Å². The number of amides is 1. The summed E-state index contributed by atoms with van der Waals surface area (Å²) in [4.78, 5) is 39.0. The molecule has 4 rings (SSSR count). The maximum absolute atomic E-state index is 13.2. The highest BCUT2D eigenvalue weighted by Gasteiger charge is 2.16. The zero-order valence-corrected chi connectivity index (χ0v) is 18.8. The van der Waals surface area contributed by atoms with Crippen molar-refractivity contribution in [2.75, 3.05) is 5.32 Å². The molecule has 6 nitrogen and oxygen atoms in total. The zero-order chi connectivity index (χ0) is 22.8. The van der Waals surface area contributed by atoms with Crippen LogP contribution in [0, 0.1) is 0 Å². The highest BCUT2D eigenvalue weighted by atomic mass is 35.5. The molecule has 162 valence electrons. The van der Waals surface area contributed by atoms with Gasteiger partial charge in [0.15, 0.2) is 0 Å². The van der Waals surface area contributed by atoms with E-state index in [1.165, 1.54) is 4.57 Å². The van der Waals surface area contributed by atoms with Crippen LogP contribution in [-0.4, -0.2) is 15.0 Å². The van der Waals surface area contributed by atoms with Gasteiger partial charge < -0.3 is 5.32 Å². The first-order valence-corrected chi connectivity index (χ1v) is 10.7. The summed E-state index contributed by atoms with van der Waals surface area (Å²) < 4.78 is 2.38. The normalized spacial score (nSPS) is 11.0. The molecule has 0 aliphatic carbocycles. The number of halogens is 3. The Hall–Kier alpha value is -3.06. The van der Waals surface area contributed by atoms with Crippen LogP contribution in [0.4, 0.5) is 5.69 Å². The Morgan fingerprint density at radius 2 is 1.47 bits per heavy atom. The Labute approximate surface area is 197 Å². The van der Waals surface area contributed by atoms with Crippen molar-refractivity contribution >= 4 is 57.3 Å². The molecule has 0 spiro atoms. The van der Waals surface area contributed by atoms with E-state index in [2.05, 4.69) is 5.32 Å². The van der Waals surface area contributed by atoms with Gasteiger partial charge in [-0.25, -0.2) is 4.79 Å². The Kier molecular flexibility index (Phi) is 6.37. The van der Waals surface area contributed by atoms with Crippen molar-refractivity contribution in [2.24, 2.45) is 0 Å². The summed E-state index contributed by atoms with van der Waals surface area (Å²) >= 11 is 17.9. The highest BCUT2D eigenvalue weighted by Crippen LogP contribution is 2.22. The molecular weight excluding hydrogens is 473 g/mol. The minimum Gasteiger partial charge on any atom is -0.324 e. The summed E-state index contributed by atoms with van der Waals surface area (Å²) in [5.41, 5.74) is 0.476.